The molecule has 5 aliphatic rings. The van der Waals surface area contributed by atoms with Gasteiger partial charge in [-0.1, -0.05) is 43.7 Å². The van der Waals surface area contributed by atoms with Crippen LogP contribution in [0.2, 0.25) is 0 Å². The lowest BCUT2D eigenvalue weighted by Crippen LogP contribution is -2.69. The van der Waals surface area contributed by atoms with Crippen LogP contribution in [0.1, 0.15) is 75.1 Å². The number of piperidine rings is 1. The van der Waals surface area contributed by atoms with E-state index in [0.717, 1.165) is 61.6 Å². The molecule has 0 unspecified atom stereocenters. The zero-order chi connectivity index (χ0) is 30.7. The first-order valence-corrected chi connectivity index (χ1v) is 16.6. The molecule has 0 N–H and O–H groups in total. The van der Waals surface area contributed by atoms with Gasteiger partial charge in [0, 0.05) is 54.7 Å². The van der Waals surface area contributed by atoms with E-state index in [1.54, 1.807) is 13.2 Å². The van der Waals surface area contributed by atoms with E-state index in [1.165, 1.54) is 30.9 Å². The van der Waals surface area contributed by atoms with E-state index in [9.17, 15) is 9.59 Å². The number of benzene rings is 2. The summed E-state index contributed by atoms with van der Waals surface area (Å²) in [5, 5.41) is 0. The van der Waals surface area contributed by atoms with Crippen molar-refractivity contribution in [3.63, 3.8) is 0 Å². The number of ether oxygens (including phenoxy) is 3. The molecule has 7 heteroatoms. The van der Waals surface area contributed by atoms with Crippen LogP contribution in [0.3, 0.4) is 0 Å². The zero-order valence-electron chi connectivity index (χ0n) is 26.8. The third-order valence-corrected chi connectivity index (χ3v) is 10.8. The van der Waals surface area contributed by atoms with Crippen molar-refractivity contribution in [3.8, 4) is 17.2 Å². The van der Waals surface area contributed by atoms with Crippen LogP contribution in [-0.2, 0) is 21.4 Å². The van der Waals surface area contributed by atoms with Crippen LogP contribution in [-0.4, -0.2) is 66.6 Å². The van der Waals surface area contributed by atoms with Crippen LogP contribution in [0.25, 0.3) is 6.08 Å². The standard InChI is InChI=1S/C37H46N2O5/c1-22(2)20-39(33(41)14-11-25-8-6-7-23(3)17-25)29-13-12-28-30-18-27-31(43-24(4)40)19-32(42-5)35-34(27)37(28,36(29)44-35)15-16-38(30)21-26-9-10-26/h6-8,11,14,17,19,22,26,28-30,36H,9-10,12-13,15-16,18,20-21H2,1-5H3/t28-,29-,30+,36-,37-/m0/s1. The number of hydrogen-bond acceptors (Lipinski definition) is 6. The molecule has 7 rings (SSSR count). The van der Waals surface area contributed by atoms with Crippen LogP contribution in [0.5, 0.6) is 17.2 Å². The number of carbonyl (C=O) groups is 2. The highest BCUT2D eigenvalue weighted by Crippen LogP contribution is 2.66. The quantitative estimate of drug-likeness (QED) is 0.202. The van der Waals surface area contributed by atoms with E-state index < -0.39 is 0 Å². The van der Waals surface area contributed by atoms with Gasteiger partial charge in [0.2, 0.25) is 5.91 Å². The topological polar surface area (TPSA) is 68.3 Å². The summed E-state index contributed by atoms with van der Waals surface area (Å²) in [6, 6.07) is 10.4. The SMILES string of the molecule is COc1cc(OC(C)=O)c2c3c1O[C@H]1[C@@H](N(CC(C)C)C(=O)C=Cc4cccc(C)c4)CC[C@H]4[C@@H](C2)N(CC2CC2)CC[C@@]341. The van der Waals surface area contributed by atoms with E-state index in [4.69, 9.17) is 14.2 Å². The Hall–Kier alpha value is -3.32. The number of carbonyl (C=O) groups excluding carboxylic acids is 2. The summed E-state index contributed by atoms with van der Waals surface area (Å²) in [5.41, 5.74) is 4.23. The molecule has 2 heterocycles. The number of esters is 1. The number of aryl methyl sites for hydroxylation is 1. The first-order valence-electron chi connectivity index (χ1n) is 16.6. The van der Waals surface area contributed by atoms with E-state index >= 15 is 0 Å². The Kier molecular flexibility index (Phi) is 7.51. The molecule has 3 aliphatic carbocycles. The molecule has 5 atom stereocenters. The summed E-state index contributed by atoms with van der Waals surface area (Å²) in [7, 11) is 1.66. The lowest BCUT2D eigenvalue weighted by molar-refractivity contribution is -0.139. The molecule has 1 spiro atoms. The number of likely N-dealkylation sites (tertiary alicyclic amines) is 1. The highest BCUT2D eigenvalue weighted by atomic mass is 16.5. The monoisotopic (exact) mass is 598 g/mol. The average Bonchev–Trinajstić information content (AvgIpc) is 3.74. The number of rotatable bonds is 9. The summed E-state index contributed by atoms with van der Waals surface area (Å²) in [5.74, 6) is 3.25. The first-order chi connectivity index (χ1) is 21.2. The van der Waals surface area contributed by atoms with Crippen LogP contribution in [0, 0.1) is 24.7 Å². The maximum absolute atomic E-state index is 14.1. The molecule has 2 aliphatic heterocycles. The molecule has 7 nitrogen and oxygen atoms in total. The number of nitrogens with zero attached hydrogens (tertiary/aromatic N) is 2. The minimum Gasteiger partial charge on any atom is -0.493 e. The van der Waals surface area contributed by atoms with E-state index in [1.807, 2.05) is 24.3 Å². The lowest BCUT2D eigenvalue weighted by Gasteiger charge is -2.60. The second-order valence-corrected chi connectivity index (χ2v) is 14.3. The Morgan fingerprint density at radius 3 is 2.68 bits per heavy atom. The molecule has 2 aromatic rings. The second-order valence-electron chi connectivity index (χ2n) is 14.3. The summed E-state index contributed by atoms with van der Waals surface area (Å²) in [4.78, 5) is 31.2. The number of amides is 1. The molecule has 0 radical (unpaired) electrons. The predicted molar refractivity (Wildman–Crippen MR) is 170 cm³/mol. The highest BCUT2D eigenvalue weighted by molar-refractivity contribution is 5.92. The van der Waals surface area contributed by atoms with Gasteiger partial charge in [0.15, 0.2) is 11.5 Å². The maximum Gasteiger partial charge on any atom is 0.308 e. The molecule has 44 heavy (non-hydrogen) atoms. The van der Waals surface area contributed by atoms with Gasteiger partial charge in [-0.2, -0.15) is 0 Å². The molecule has 1 amide bonds. The van der Waals surface area contributed by atoms with E-state index in [2.05, 4.69) is 42.7 Å². The van der Waals surface area contributed by atoms with Crippen LogP contribution >= 0.6 is 0 Å². The number of methoxy groups -OCH3 is 1. The van der Waals surface area contributed by atoms with Crippen molar-refractivity contribution in [3.05, 3.63) is 58.7 Å². The zero-order valence-corrected chi connectivity index (χ0v) is 26.8. The highest BCUT2D eigenvalue weighted by Gasteiger charge is 2.67. The van der Waals surface area contributed by atoms with Crippen molar-refractivity contribution >= 4 is 18.0 Å². The van der Waals surface area contributed by atoms with E-state index in [-0.39, 0.29) is 29.4 Å². The van der Waals surface area contributed by atoms with E-state index in [0.29, 0.717) is 35.9 Å². The fourth-order valence-corrected chi connectivity index (χ4v) is 9.03. The molecular weight excluding hydrogens is 552 g/mol. The Morgan fingerprint density at radius 1 is 1.16 bits per heavy atom. The molecular formula is C37H46N2O5. The maximum atomic E-state index is 14.1. The summed E-state index contributed by atoms with van der Waals surface area (Å²) in [6.45, 7) is 10.7. The minimum absolute atomic E-state index is 0.0333. The van der Waals surface area contributed by atoms with Gasteiger partial charge in [-0.25, -0.2) is 0 Å². The second kappa shape index (κ2) is 11.2. The summed E-state index contributed by atoms with van der Waals surface area (Å²) < 4.78 is 18.9. The fraction of sp³-hybridized carbons (Fsp3) is 0.568. The molecule has 2 bridgehead atoms. The fourth-order valence-electron chi connectivity index (χ4n) is 9.03. The van der Waals surface area contributed by atoms with Gasteiger partial charge >= 0.3 is 5.97 Å². The Balaban J connectivity index is 1.31. The van der Waals surface area contributed by atoms with Gasteiger partial charge in [-0.3, -0.25) is 14.5 Å². The lowest BCUT2D eigenvalue weighted by atomic mass is 9.50. The molecule has 2 aromatic carbocycles. The van der Waals surface area contributed by atoms with Crippen molar-refractivity contribution in [1.82, 2.24) is 9.80 Å². The predicted octanol–water partition coefficient (Wildman–Crippen LogP) is 5.94. The molecule has 0 aromatic heterocycles. The van der Waals surface area contributed by atoms with Gasteiger partial charge in [0.1, 0.15) is 11.9 Å². The third-order valence-electron chi connectivity index (χ3n) is 10.8. The largest absolute Gasteiger partial charge is 0.493 e. The van der Waals surface area contributed by atoms with Crippen molar-refractivity contribution in [1.29, 1.82) is 0 Å². The Labute approximate surface area is 261 Å². The Morgan fingerprint density at radius 2 is 1.98 bits per heavy atom. The Bertz CT molecular complexity index is 1490. The van der Waals surface area contributed by atoms with Crippen molar-refractivity contribution in [2.45, 2.75) is 89.8 Å². The van der Waals surface area contributed by atoms with Crippen LogP contribution < -0.4 is 14.2 Å². The van der Waals surface area contributed by atoms with Gasteiger partial charge in [-0.05, 0) is 81.4 Å². The molecule has 234 valence electrons. The smallest absolute Gasteiger partial charge is 0.308 e. The molecule has 2 saturated carbocycles. The van der Waals surface area contributed by atoms with Gasteiger partial charge < -0.3 is 19.1 Å². The first kappa shape index (κ1) is 29.4. The summed E-state index contributed by atoms with van der Waals surface area (Å²) >= 11 is 0. The average molecular weight is 599 g/mol. The normalized spacial score (nSPS) is 28.5. The van der Waals surface area contributed by atoms with Crippen molar-refractivity contribution in [2.75, 3.05) is 26.7 Å². The molecule has 3 fully saturated rings. The van der Waals surface area contributed by atoms with Crippen molar-refractivity contribution in [2.24, 2.45) is 17.8 Å². The summed E-state index contributed by atoms with van der Waals surface area (Å²) in [6.07, 6.45) is 9.92. The van der Waals surface area contributed by atoms with Crippen LogP contribution in [0.15, 0.2) is 36.4 Å². The number of hydrogen-bond donors (Lipinski definition) is 0. The van der Waals surface area contributed by atoms with Gasteiger partial charge in [-0.15, -0.1) is 0 Å². The van der Waals surface area contributed by atoms with Gasteiger partial charge in [0.25, 0.3) is 0 Å². The minimum atomic E-state index is -0.325. The van der Waals surface area contributed by atoms with Crippen LogP contribution in [0.4, 0.5) is 0 Å². The van der Waals surface area contributed by atoms with Crippen molar-refractivity contribution < 1.29 is 23.8 Å². The van der Waals surface area contributed by atoms with Gasteiger partial charge in [0.05, 0.1) is 13.2 Å². The molecule has 1 saturated heterocycles. The third kappa shape index (κ3) is 4.92.